The monoisotopic (exact) mass is 491 g/mol. The lowest BCUT2D eigenvalue weighted by Crippen LogP contribution is -2.40. The summed E-state index contributed by atoms with van der Waals surface area (Å²) >= 11 is 1.37. The summed E-state index contributed by atoms with van der Waals surface area (Å²) in [5.74, 6) is -0.0234. The topological polar surface area (TPSA) is 92.8 Å². The standard InChI is InChI=1S/C26H25N3O3S2/c27-34(31,32)22-15-13-20(14-16-22)28-26-29(21-10-2-1-3-11-21)25(30)24(33-26)17-19-9-6-8-18-7-4-5-12-23(18)19/h4-9,12-17,21H,1-3,10-11H2,(H2,27,31,32)/b24-17?,28-26-. The van der Waals surface area contributed by atoms with Crippen LogP contribution in [-0.4, -0.2) is 30.4 Å². The zero-order valence-electron chi connectivity index (χ0n) is 18.6. The maximum atomic E-state index is 13.6. The fourth-order valence-electron chi connectivity index (χ4n) is 4.56. The lowest BCUT2D eigenvalue weighted by Gasteiger charge is -2.30. The van der Waals surface area contributed by atoms with Gasteiger partial charge in [0.05, 0.1) is 15.5 Å². The molecule has 1 saturated carbocycles. The lowest BCUT2D eigenvalue weighted by molar-refractivity contribution is -0.124. The molecule has 8 heteroatoms. The van der Waals surface area contributed by atoms with Crippen LogP contribution in [0.3, 0.4) is 0 Å². The van der Waals surface area contributed by atoms with E-state index in [0.717, 1.165) is 42.0 Å². The van der Waals surface area contributed by atoms with E-state index >= 15 is 0 Å². The number of benzene rings is 3. The van der Waals surface area contributed by atoms with Crippen molar-refractivity contribution in [3.63, 3.8) is 0 Å². The molecule has 6 nitrogen and oxygen atoms in total. The highest BCUT2D eigenvalue weighted by molar-refractivity contribution is 8.18. The third-order valence-corrected chi connectivity index (χ3v) is 8.19. The Morgan fingerprint density at radius 2 is 1.65 bits per heavy atom. The lowest BCUT2D eigenvalue weighted by atomic mass is 9.94. The summed E-state index contributed by atoms with van der Waals surface area (Å²) in [6.45, 7) is 0. The molecule has 0 aromatic heterocycles. The second-order valence-electron chi connectivity index (χ2n) is 8.58. The van der Waals surface area contributed by atoms with Crippen molar-refractivity contribution in [1.82, 2.24) is 4.90 Å². The highest BCUT2D eigenvalue weighted by atomic mass is 32.2. The van der Waals surface area contributed by atoms with E-state index in [9.17, 15) is 13.2 Å². The van der Waals surface area contributed by atoms with Gasteiger partial charge >= 0.3 is 0 Å². The molecule has 5 rings (SSSR count). The van der Waals surface area contributed by atoms with Crippen molar-refractivity contribution >= 4 is 55.4 Å². The number of aliphatic imine (C=N–C) groups is 1. The minimum atomic E-state index is -3.77. The first kappa shape index (κ1) is 22.8. The molecule has 1 saturated heterocycles. The van der Waals surface area contributed by atoms with Crippen LogP contribution in [0.1, 0.15) is 37.7 Å². The summed E-state index contributed by atoms with van der Waals surface area (Å²) < 4.78 is 23.2. The Morgan fingerprint density at radius 1 is 0.941 bits per heavy atom. The third-order valence-electron chi connectivity index (χ3n) is 6.28. The van der Waals surface area contributed by atoms with Crippen LogP contribution in [0, 0.1) is 0 Å². The molecule has 2 N–H and O–H groups in total. The van der Waals surface area contributed by atoms with Crippen LogP contribution in [0.15, 0.2) is 81.5 Å². The number of sulfonamides is 1. The Morgan fingerprint density at radius 3 is 2.38 bits per heavy atom. The van der Waals surface area contributed by atoms with Gasteiger partial charge in [0, 0.05) is 6.04 Å². The van der Waals surface area contributed by atoms with E-state index in [1.54, 1.807) is 12.1 Å². The van der Waals surface area contributed by atoms with E-state index < -0.39 is 10.0 Å². The first-order chi connectivity index (χ1) is 16.4. The van der Waals surface area contributed by atoms with Gasteiger partial charge in [-0.05, 0) is 71.3 Å². The fraction of sp³-hybridized carbons (Fsp3) is 0.231. The number of hydrogen-bond donors (Lipinski definition) is 1. The minimum absolute atomic E-state index is 0.0234. The fourth-order valence-corrected chi connectivity index (χ4v) is 6.13. The molecule has 2 fully saturated rings. The van der Waals surface area contributed by atoms with Crippen molar-refractivity contribution in [3.8, 4) is 0 Å². The van der Waals surface area contributed by atoms with Crippen LogP contribution in [-0.2, 0) is 14.8 Å². The smallest absolute Gasteiger partial charge is 0.267 e. The average molecular weight is 492 g/mol. The second kappa shape index (κ2) is 9.37. The minimum Gasteiger partial charge on any atom is -0.283 e. The highest BCUT2D eigenvalue weighted by Crippen LogP contribution is 2.39. The number of amides is 1. The van der Waals surface area contributed by atoms with E-state index in [1.165, 1.54) is 30.3 Å². The van der Waals surface area contributed by atoms with Crippen LogP contribution < -0.4 is 5.14 Å². The van der Waals surface area contributed by atoms with Crippen molar-refractivity contribution in [2.24, 2.45) is 10.1 Å². The van der Waals surface area contributed by atoms with E-state index in [2.05, 4.69) is 18.2 Å². The number of carbonyl (C=O) groups excluding carboxylic acids is 1. The van der Waals surface area contributed by atoms with Gasteiger partial charge in [-0.25, -0.2) is 18.5 Å². The summed E-state index contributed by atoms with van der Waals surface area (Å²) in [6.07, 6.45) is 7.24. The van der Waals surface area contributed by atoms with Crippen LogP contribution in [0.4, 0.5) is 5.69 Å². The Balaban J connectivity index is 1.54. The van der Waals surface area contributed by atoms with E-state index in [-0.39, 0.29) is 16.8 Å². The molecule has 0 unspecified atom stereocenters. The second-order valence-corrected chi connectivity index (χ2v) is 11.1. The van der Waals surface area contributed by atoms with Gasteiger partial charge in [-0.1, -0.05) is 61.7 Å². The van der Waals surface area contributed by atoms with E-state index in [1.807, 2.05) is 35.2 Å². The quantitative estimate of drug-likeness (QED) is 0.493. The maximum absolute atomic E-state index is 13.6. The number of rotatable bonds is 4. The van der Waals surface area contributed by atoms with Gasteiger partial charge in [0.2, 0.25) is 10.0 Å². The molecule has 1 aliphatic carbocycles. The van der Waals surface area contributed by atoms with Crippen molar-refractivity contribution in [2.75, 3.05) is 0 Å². The van der Waals surface area contributed by atoms with Crippen molar-refractivity contribution in [3.05, 3.63) is 77.2 Å². The van der Waals surface area contributed by atoms with E-state index in [4.69, 9.17) is 10.1 Å². The van der Waals surface area contributed by atoms with Gasteiger partial charge in [0.15, 0.2) is 5.17 Å². The van der Waals surface area contributed by atoms with Gasteiger partial charge < -0.3 is 0 Å². The molecule has 0 atom stereocenters. The molecular formula is C26H25N3O3S2. The van der Waals surface area contributed by atoms with Crippen molar-refractivity contribution in [1.29, 1.82) is 0 Å². The first-order valence-electron chi connectivity index (χ1n) is 11.3. The van der Waals surface area contributed by atoms with Crippen molar-refractivity contribution < 1.29 is 13.2 Å². The Kier molecular flexibility index (Phi) is 6.29. The molecule has 0 spiro atoms. The summed E-state index contributed by atoms with van der Waals surface area (Å²) in [5, 5.41) is 8.06. The zero-order valence-corrected chi connectivity index (χ0v) is 20.2. The molecule has 174 valence electrons. The number of nitrogens with two attached hydrogens (primary N) is 1. The normalized spacial score (nSPS) is 20.0. The van der Waals surface area contributed by atoms with Crippen molar-refractivity contribution in [2.45, 2.75) is 43.0 Å². The van der Waals surface area contributed by atoms with Gasteiger partial charge in [-0.15, -0.1) is 0 Å². The van der Waals surface area contributed by atoms with Crippen LogP contribution in [0.2, 0.25) is 0 Å². The summed E-state index contributed by atoms with van der Waals surface area (Å²) in [5.41, 5.74) is 1.58. The largest absolute Gasteiger partial charge is 0.283 e. The molecule has 1 amide bonds. The summed E-state index contributed by atoms with van der Waals surface area (Å²) in [7, 11) is -3.77. The molecule has 34 heavy (non-hydrogen) atoms. The average Bonchev–Trinajstić information content (AvgIpc) is 3.14. The Bertz CT molecular complexity index is 1400. The molecule has 0 radical (unpaired) electrons. The van der Waals surface area contributed by atoms with Gasteiger partial charge in [0.1, 0.15) is 0 Å². The zero-order chi connectivity index (χ0) is 23.7. The van der Waals surface area contributed by atoms with Crippen LogP contribution in [0.5, 0.6) is 0 Å². The van der Waals surface area contributed by atoms with Crippen LogP contribution in [0.25, 0.3) is 16.8 Å². The molecule has 0 bridgehead atoms. The summed E-state index contributed by atoms with van der Waals surface area (Å²) in [4.78, 5) is 20.9. The number of hydrogen-bond acceptors (Lipinski definition) is 5. The Hall–Kier alpha value is -2.94. The highest BCUT2D eigenvalue weighted by Gasteiger charge is 2.38. The SMILES string of the molecule is NS(=O)(=O)c1ccc(/N=C2\SC(=Cc3cccc4ccccc34)C(=O)N2C2CCCCC2)cc1. The number of thioether (sulfide) groups is 1. The first-order valence-corrected chi connectivity index (χ1v) is 13.7. The predicted molar refractivity (Wildman–Crippen MR) is 138 cm³/mol. The number of primary sulfonamides is 1. The number of nitrogens with zero attached hydrogens (tertiary/aromatic N) is 2. The third kappa shape index (κ3) is 4.66. The van der Waals surface area contributed by atoms with Gasteiger partial charge in [-0.2, -0.15) is 0 Å². The molecule has 1 heterocycles. The Labute approximate surface area is 203 Å². The van der Waals surface area contributed by atoms with Gasteiger partial charge in [0.25, 0.3) is 5.91 Å². The number of fused-ring (bicyclic) bond motifs is 1. The maximum Gasteiger partial charge on any atom is 0.267 e. The molecule has 3 aromatic carbocycles. The molecule has 3 aromatic rings. The predicted octanol–water partition coefficient (Wildman–Crippen LogP) is 5.42. The molecule has 1 aliphatic heterocycles. The number of carbonyl (C=O) groups is 1. The molecule has 2 aliphatic rings. The molecular weight excluding hydrogens is 466 g/mol. The van der Waals surface area contributed by atoms with Crippen LogP contribution >= 0.6 is 11.8 Å². The number of amidine groups is 1. The summed E-state index contributed by atoms with van der Waals surface area (Å²) in [6, 6.07) is 20.4. The van der Waals surface area contributed by atoms with Gasteiger partial charge in [-0.3, -0.25) is 9.69 Å². The van der Waals surface area contributed by atoms with E-state index in [0.29, 0.717) is 15.8 Å².